The molecule has 4 heteroatoms. The van der Waals surface area contributed by atoms with Crippen LogP contribution in [0.3, 0.4) is 0 Å². The molecule has 2 aromatic carbocycles. The van der Waals surface area contributed by atoms with Crippen molar-refractivity contribution in [3.8, 4) is 11.5 Å². The predicted molar refractivity (Wildman–Crippen MR) is 72.5 cm³/mol. The summed E-state index contributed by atoms with van der Waals surface area (Å²) in [5.41, 5.74) is 0.0888. The Kier molecular flexibility index (Phi) is 4.17. The highest BCUT2D eigenvalue weighted by Crippen LogP contribution is 2.25. The van der Waals surface area contributed by atoms with Gasteiger partial charge in [-0.1, -0.05) is 18.5 Å². The summed E-state index contributed by atoms with van der Waals surface area (Å²) in [5.74, 6) is 0.0969. The van der Waals surface area contributed by atoms with E-state index in [-0.39, 0.29) is 17.8 Å². The molecule has 0 saturated carbocycles. The minimum absolute atomic E-state index is 0.0888. The number of carbonyl (C=O) groups is 1. The Morgan fingerprint density at radius 1 is 1.16 bits per heavy atom. The van der Waals surface area contributed by atoms with Gasteiger partial charge in [0.2, 0.25) is 0 Å². The smallest absolute Gasteiger partial charge is 0.165 e. The van der Waals surface area contributed by atoms with Crippen LogP contribution in [0.5, 0.6) is 11.5 Å². The fraction of sp³-hybridized carbons (Fsp3) is 0.133. The van der Waals surface area contributed by atoms with Crippen LogP contribution in [0.25, 0.3) is 0 Å². The number of rotatable bonds is 4. The second kappa shape index (κ2) is 5.85. The zero-order valence-electron chi connectivity index (χ0n) is 10.3. The van der Waals surface area contributed by atoms with Gasteiger partial charge in [0, 0.05) is 17.5 Å². The molecule has 0 heterocycles. The van der Waals surface area contributed by atoms with Gasteiger partial charge in [-0.15, -0.1) is 0 Å². The maximum Gasteiger partial charge on any atom is 0.165 e. The Morgan fingerprint density at radius 2 is 1.79 bits per heavy atom. The number of ketones is 1. The number of hydrogen-bond acceptors (Lipinski definition) is 2. The van der Waals surface area contributed by atoms with Gasteiger partial charge >= 0.3 is 0 Å². The molecule has 0 bridgehead atoms. The highest BCUT2D eigenvalue weighted by atomic mass is 35.5. The third-order valence-corrected chi connectivity index (χ3v) is 2.86. The Balaban J connectivity index is 2.20. The number of benzene rings is 2. The Hall–Kier alpha value is -1.87. The zero-order valence-corrected chi connectivity index (χ0v) is 11.1. The third kappa shape index (κ3) is 3.32. The molecule has 0 unspecified atom stereocenters. The van der Waals surface area contributed by atoms with Crippen molar-refractivity contribution in [3.05, 3.63) is 58.9 Å². The van der Waals surface area contributed by atoms with Crippen molar-refractivity contribution in [3.63, 3.8) is 0 Å². The van der Waals surface area contributed by atoms with E-state index >= 15 is 0 Å². The van der Waals surface area contributed by atoms with Gasteiger partial charge in [0.1, 0.15) is 17.3 Å². The van der Waals surface area contributed by atoms with E-state index in [1.54, 1.807) is 37.3 Å². The van der Waals surface area contributed by atoms with Crippen LogP contribution >= 0.6 is 11.6 Å². The van der Waals surface area contributed by atoms with Crippen LogP contribution in [-0.2, 0) is 0 Å². The largest absolute Gasteiger partial charge is 0.457 e. The standard InChI is InChI=1S/C15H12ClFO2/c1-2-15(18)13-8-7-12(9-14(13)17)19-11-5-3-10(16)4-6-11/h3-9H,2H2,1H3. The first kappa shape index (κ1) is 13.6. The molecule has 0 aliphatic rings. The average Bonchev–Trinajstić information content (AvgIpc) is 2.41. The van der Waals surface area contributed by atoms with Gasteiger partial charge in [0.15, 0.2) is 5.78 Å². The number of hydrogen-bond donors (Lipinski definition) is 0. The Labute approximate surface area is 115 Å². The van der Waals surface area contributed by atoms with E-state index < -0.39 is 5.82 Å². The fourth-order valence-corrected chi connectivity index (χ4v) is 1.74. The molecule has 19 heavy (non-hydrogen) atoms. The minimum atomic E-state index is -0.571. The van der Waals surface area contributed by atoms with Gasteiger partial charge in [0.05, 0.1) is 5.56 Å². The van der Waals surface area contributed by atoms with Crippen molar-refractivity contribution in [1.82, 2.24) is 0 Å². The minimum Gasteiger partial charge on any atom is -0.457 e. The second-order valence-electron chi connectivity index (χ2n) is 3.97. The van der Waals surface area contributed by atoms with E-state index in [1.165, 1.54) is 12.1 Å². The van der Waals surface area contributed by atoms with E-state index in [9.17, 15) is 9.18 Å². The summed E-state index contributed by atoms with van der Waals surface area (Å²) < 4.78 is 19.2. The van der Waals surface area contributed by atoms with Crippen LogP contribution in [0.15, 0.2) is 42.5 Å². The van der Waals surface area contributed by atoms with E-state index in [2.05, 4.69) is 0 Å². The quantitative estimate of drug-likeness (QED) is 0.746. The number of carbonyl (C=O) groups excluding carboxylic acids is 1. The zero-order chi connectivity index (χ0) is 13.8. The van der Waals surface area contributed by atoms with Crippen LogP contribution in [0.2, 0.25) is 5.02 Å². The predicted octanol–water partition coefficient (Wildman–Crippen LogP) is 4.86. The summed E-state index contributed by atoms with van der Waals surface area (Å²) in [7, 11) is 0. The van der Waals surface area contributed by atoms with Gasteiger partial charge in [0.25, 0.3) is 0 Å². The first-order chi connectivity index (χ1) is 9.10. The molecule has 98 valence electrons. The number of ether oxygens (including phenoxy) is 1. The molecule has 0 amide bonds. The lowest BCUT2D eigenvalue weighted by atomic mass is 10.1. The lowest BCUT2D eigenvalue weighted by Crippen LogP contribution is -2.00. The highest BCUT2D eigenvalue weighted by Gasteiger charge is 2.11. The summed E-state index contributed by atoms with van der Waals surface area (Å²) in [4.78, 5) is 11.4. The maximum atomic E-state index is 13.7. The molecule has 0 radical (unpaired) electrons. The first-order valence-corrected chi connectivity index (χ1v) is 6.24. The van der Waals surface area contributed by atoms with Crippen LogP contribution in [0.1, 0.15) is 23.7 Å². The SMILES string of the molecule is CCC(=O)c1ccc(Oc2ccc(Cl)cc2)cc1F. The molecule has 0 aliphatic heterocycles. The molecule has 0 spiro atoms. The van der Waals surface area contributed by atoms with Crippen molar-refractivity contribution < 1.29 is 13.9 Å². The molecule has 2 aromatic rings. The normalized spacial score (nSPS) is 10.3. The van der Waals surface area contributed by atoms with Crippen molar-refractivity contribution >= 4 is 17.4 Å². The average molecular weight is 279 g/mol. The third-order valence-electron chi connectivity index (χ3n) is 2.61. The van der Waals surface area contributed by atoms with Crippen LogP contribution in [0.4, 0.5) is 4.39 Å². The fourth-order valence-electron chi connectivity index (χ4n) is 1.61. The van der Waals surface area contributed by atoms with Crippen LogP contribution in [0, 0.1) is 5.82 Å². The molecule has 0 aliphatic carbocycles. The van der Waals surface area contributed by atoms with Crippen LogP contribution < -0.4 is 4.74 Å². The lowest BCUT2D eigenvalue weighted by molar-refractivity contribution is 0.0984. The number of Topliss-reactive ketones (excluding diaryl/α,β-unsaturated/α-hetero) is 1. The Morgan fingerprint density at radius 3 is 2.37 bits per heavy atom. The van der Waals surface area contributed by atoms with Crippen molar-refractivity contribution in [2.45, 2.75) is 13.3 Å². The molecular weight excluding hydrogens is 267 g/mol. The first-order valence-electron chi connectivity index (χ1n) is 5.86. The molecular formula is C15H12ClFO2. The van der Waals surface area contributed by atoms with E-state index in [4.69, 9.17) is 16.3 Å². The summed E-state index contributed by atoms with van der Waals surface area (Å²) >= 11 is 5.76. The van der Waals surface area contributed by atoms with E-state index in [0.717, 1.165) is 0 Å². The van der Waals surface area contributed by atoms with Gasteiger partial charge < -0.3 is 4.74 Å². The maximum absolute atomic E-state index is 13.7. The van der Waals surface area contributed by atoms with Gasteiger partial charge in [-0.3, -0.25) is 4.79 Å². The van der Waals surface area contributed by atoms with Crippen LogP contribution in [-0.4, -0.2) is 5.78 Å². The van der Waals surface area contributed by atoms with Gasteiger partial charge in [-0.25, -0.2) is 4.39 Å². The highest BCUT2D eigenvalue weighted by molar-refractivity contribution is 6.30. The summed E-state index contributed by atoms with van der Waals surface area (Å²) in [6, 6.07) is 11.0. The second-order valence-corrected chi connectivity index (χ2v) is 4.41. The molecule has 0 saturated heterocycles. The topological polar surface area (TPSA) is 26.3 Å². The van der Waals surface area contributed by atoms with Crippen molar-refractivity contribution in [1.29, 1.82) is 0 Å². The molecule has 0 fully saturated rings. The summed E-state index contributed by atoms with van der Waals surface area (Å²) in [5, 5.41) is 0.599. The summed E-state index contributed by atoms with van der Waals surface area (Å²) in [6.07, 6.45) is 0.272. The van der Waals surface area contributed by atoms with E-state index in [0.29, 0.717) is 16.5 Å². The monoisotopic (exact) mass is 278 g/mol. The molecule has 2 nitrogen and oxygen atoms in total. The Bertz CT molecular complexity index is 594. The molecule has 0 atom stereocenters. The van der Waals surface area contributed by atoms with E-state index in [1.807, 2.05) is 0 Å². The molecule has 0 aromatic heterocycles. The van der Waals surface area contributed by atoms with Gasteiger partial charge in [-0.2, -0.15) is 0 Å². The number of halogens is 2. The van der Waals surface area contributed by atoms with Gasteiger partial charge in [-0.05, 0) is 36.4 Å². The van der Waals surface area contributed by atoms with Crippen molar-refractivity contribution in [2.24, 2.45) is 0 Å². The van der Waals surface area contributed by atoms with Crippen molar-refractivity contribution in [2.75, 3.05) is 0 Å². The summed E-state index contributed by atoms with van der Waals surface area (Å²) in [6.45, 7) is 1.69. The lowest BCUT2D eigenvalue weighted by Gasteiger charge is -2.07. The molecule has 2 rings (SSSR count). The molecule has 0 N–H and O–H groups in total.